The lowest BCUT2D eigenvalue weighted by atomic mass is 10.0. The van der Waals surface area contributed by atoms with Gasteiger partial charge in [0.2, 0.25) is 0 Å². The molecule has 154 valence electrons. The number of anilines is 1. The zero-order valence-electron chi connectivity index (χ0n) is 17.4. The highest BCUT2D eigenvalue weighted by Gasteiger charge is 2.34. The number of rotatable bonds is 6. The van der Waals surface area contributed by atoms with Gasteiger partial charge in [0.25, 0.3) is 5.91 Å². The topological polar surface area (TPSA) is 67.1 Å². The van der Waals surface area contributed by atoms with Gasteiger partial charge in [-0.25, -0.2) is 5.01 Å². The molecule has 6 nitrogen and oxygen atoms in total. The number of hydrazone groups is 1. The van der Waals surface area contributed by atoms with Gasteiger partial charge in [0.1, 0.15) is 17.6 Å². The average molecular weight is 403 g/mol. The Bertz CT molecular complexity index is 1060. The van der Waals surface area contributed by atoms with E-state index in [1.54, 1.807) is 18.4 Å². The first-order valence-corrected chi connectivity index (χ1v) is 9.93. The highest BCUT2D eigenvalue weighted by molar-refractivity contribution is 6.03. The minimum absolute atomic E-state index is 0.117. The van der Waals surface area contributed by atoms with Crippen molar-refractivity contribution < 1.29 is 13.9 Å². The number of hydrogen-bond acceptors (Lipinski definition) is 5. The maximum absolute atomic E-state index is 13.1. The summed E-state index contributed by atoms with van der Waals surface area (Å²) in [5.41, 5.74) is 4.99. The Hall–Kier alpha value is -3.54. The van der Waals surface area contributed by atoms with Gasteiger partial charge in [0.05, 0.1) is 25.6 Å². The second kappa shape index (κ2) is 8.45. The number of aryl methyl sites for hydroxylation is 2. The number of ether oxygens (including phenoxy) is 1. The lowest BCUT2D eigenvalue weighted by molar-refractivity contribution is -0.131. The van der Waals surface area contributed by atoms with E-state index in [2.05, 4.69) is 29.5 Å². The minimum Gasteiger partial charge on any atom is -0.497 e. The number of nitrogens with zero attached hydrogens (tertiary/aromatic N) is 2. The fourth-order valence-electron chi connectivity index (χ4n) is 3.58. The fraction of sp³-hybridized carbons (Fsp3) is 0.250. The Labute approximate surface area is 176 Å². The molecular weight excluding hydrogens is 378 g/mol. The van der Waals surface area contributed by atoms with Gasteiger partial charge in [-0.1, -0.05) is 29.8 Å². The van der Waals surface area contributed by atoms with Crippen LogP contribution in [0.3, 0.4) is 0 Å². The van der Waals surface area contributed by atoms with Crippen LogP contribution in [0.25, 0.3) is 0 Å². The molecule has 2 aromatic carbocycles. The number of hydrogen-bond donors (Lipinski definition) is 1. The van der Waals surface area contributed by atoms with Gasteiger partial charge in [0.15, 0.2) is 0 Å². The Kier molecular flexibility index (Phi) is 5.57. The van der Waals surface area contributed by atoms with Crippen molar-refractivity contribution in [1.82, 2.24) is 5.01 Å². The average Bonchev–Trinajstić information content (AvgIpc) is 3.43. The zero-order chi connectivity index (χ0) is 21.1. The number of benzene rings is 2. The van der Waals surface area contributed by atoms with E-state index in [4.69, 9.17) is 9.15 Å². The van der Waals surface area contributed by atoms with Gasteiger partial charge in [-0.2, -0.15) is 5.10 Å². The second-order valence-electron chi connectivity index (χ2n) is 7.42. The molecule has 1 unspecified atom stereocenters. The van der Waals surface area contributed by atoms with Gasteiger partial charge in [-0.3, -0.25) is 4.79 Å². The maximum Gasteiger partial charge on any atom is 0.262 e. The largest absolute Gasteiger partial charge is 0.497 e. The van der Waals surface area contributed by atoms with Crippen LogP contribution < -0.4 is 10.1 Å². The van der Waals surface area contributed by atoms with Crippen LogP contribution in [0.1, 0.15) is 34.9 Å². The molecule has 30 heavy (non-hydrogen) atoms. The summed E-state index contributed by atoms with van der Waals surface area (Å²) in [4.78, 5) is 13.1. The lowest BCUT2D eigenvalue weighted by Gasteiger charge is -2.20. The van der Waals surface area contributed by atoms with Crippen LogP contribution in [-0.2, 0) is 4.79 Å². The number of carbonyl (C=O) groups is 1. The van der Waals surface area contributed by atoms with Crippen LogP contribution in [0.4, 0.5) is 5.69 Å². The van der Waals surface area contributed by atoms with Crippen LogP contribution >= 0.6 is 0 Å². The summed E-state index contributed by atoms with van der Waals surface area (Å²) < 4.78 is 10.8. The summed E-state index contributed by atoms with van der Waals surface area (Å²) in [6.45, 7) is 4.16. The van der Waals surface area contributed by atoms with E-state index in [0.29, 0.717) is 6.42 Å². The quantitative estimate of drug-likeness (QED) is 0.648. The van der Waals surface area contributed by atoms with Crippen molar-refractivity contribution in [2.45, 2.75) is 26.3 Å². The third-order valence-corrected chi connectivity index (χ3v) is 5.29. The van der Waals surface area contributed by atoms with Crippen LogP contribution in [0.15, 0.2) is 70.4 Å². The SMILES string of the molecule is COc1ccc(NCC(=O)N2N=C(c3ccc(C)cc3)CC2c2ccco2)c(C)c1. The lowest BCUT2D eigenvalue weighted by Crippen LogP contribution is -2.32. The monoisotopic (exact) mass is 403 g/mol. The molecule has 0 aliphatic carbocycles. The highest BCUT2D eigenvalue weighted by Crippen LogP contribution is 2.33. The Morgan fingerprint density at radius 1 is 1.20 bits per heavy atom. The first kappa shape index (κ1) is 19.8. The molecule has 1 aliphatic rings. The van der Waals surface area contributed by atoms with Crippen molar-refractivity contribution >= 4 is 17.3 Å². The Morgan fingerprint density at radius 2 is 2.00 bits per heavy atom. The first-order chi connectivity index (χ1) is 14.5. The molecule has 1 atom stereocenters. The van der Waals surface area contributed by atoms with Crippen molar-refractivity contribution in [3.63, 3.8) is 0 Å². The molecule has 0 fully saturated rings. The Balaban J connectivity index is 1.54. The van der Waals surface area contributed by atoms with Gasteiger partial charge in [0, 0.05) is 12.1 Å². The molecule has 0 spiro atoms. The van der Waals surface area contributed by atoms with Crippen LogP contribution in [-0.4, -0.2) is 30.3 Å². The normalized spacial score (nSPS) is 15.8. The fourth-order valence-corrected chi connectivity index (χ4v) is 3.58. The second-order valence-corrected chi connectivity index (χ2v) is 7.42. The van der Waals surface area contributed by atoms with E-state index in [-0.39, 0.29) is 18.5 Å². The van der Waals surface area contributed by atoms with Crippen molar-refractivity contribution in [3.8, 4) is 5.75 Å². The number of amides is 1. The highest BCUT2D eigenvalue weighted by atomic mass is 16.5. The van der Waals surface area contributed by atoms with Gasteiger partial charge < -0.3 is 14.5 Å². The number of furan rings is 1. The van der Waals surface area contributed by atoms with E-state index >= 15 is 0 Å². The molecule has 0 radical (unpaired) electrons. The standard InChI is InChI=1S/C24H25N3O3/c1-16-6-8-18(9-7-16)21-14-22(23-5-4-12-30-23)27(26-21)24(28)15-25-20-11-10-19(29-3)13-17(20)2/h4-13,22,25H,14-15H2,1-3H3. The molecule has 1 aliphatic heterocycles. The number of nitrogens with one attached hydrogen (secondary N) is 1. The molecule has 1 amide bonds. The van der Waals surface area contributed by atoms with Gasteiger partial charge >= 0.3 is 0 Å². The number of carbonyl (C=O) groups excluding carboxylic acids is 1. The smallest absolute Gasteiger partial charge is 0.262 e. The van der Waals surface area contributed by atoms with Crippen LogP contribution in [0.5, 0.6) is 5.75 Å². The summed E-state index contributed by atoms with van der Waals surface area (Å²) in [5.74, 6) is 1.40. The van der Waals surface area contributed by atoms with Crippen molar-refractivity contribution in [2.24, 2.45) is 5.10 Å². The minimum atomic E-state index is -0.248. The van der Waals surface area contributed by atoms with E-state index in [1.807, 2.05) is 49.4 Å². The van der Waals surface area contributed by atoms with E-state index in [0.717, 1.165) is 34.0 Å². The zero-order valence-corrected chi connectivity index (χ0v) is 17.4. The molecule has 0 bridgehead atoms. The van der Waals surface area contributed by atoms with Crippen LogP contribution in [0.2, 0.25) is 0 Å². The summed E-state index contributed by atoms with van der Waals surface area (Å²) in [5, 5.41) is 9.43. The third-order valence-electron chi connectivity index (χ3n) is 5.29. The molecular formula is C24H25N3O3. The Morgan fingerprint density at radius 3 is 2.67 bits per heavy atom. The maximum atomic E-state index is 13.1. The van der Waals surface area contributed by atoms with Gasteiger partial charge in [-0.15, -0.1) is 0 Å². The molecule has 1 aromatic heterocycles. The molecule has 6 heteroatoms. The van der Waals surface area contributed by atoms with Crippen LogP contribution in [0, 0.1) is 13.8 Å². The molecule has 0 saturated heterocycles. The van der Waals surface area contributed by atoms with Crippen molar-refractivity contribution in [3.05, 3.63) is 83.3 Å². The molecule has 1 N–H and O–H groups in total. The third kappa shape index (κ3) is 4.08. The van der Waals surface area contributed by atoms with E-state index < -0.39 is 0 Å². The molecule has 0 saturated carbocycles. The molecule has 4 rings (SSSR count). The summed E-state index contributed by atoms with van der Waals surface area (Å²) in [6.07, 6.45) is 2.24. The first-order valence-electron chi connectivity index (χ1n) is 9.93. The summed E-state index contributed by atoms with van der Waals surface area (Å²) in [7, 11) is 1.64. The van der Waals surface area contributed by atoms with Gasteiger partial charge in [-0.05, 0) is 55.3 Å². The van der Waals surface area contributed by atoms with E-state index in [9.17, 15) is 4.79 Å². The molecule has 2 heterocycles. The number of methoxy groups -OCH3 is 1. The predicted molar refractivity (Wildman–Crippen MR) is 117 cm³/mol. The molecule has 3 aromatic rings. The summed E-state index contributed by atoms with van der Waals surface area (Å²) in [6, 6.07) is 17.4. The van der Waals surface area contributed by atoms with E-state index in [1.165, 1.54) is 5.56 Å². The van der Waals surface area contributed by atoms with Crippen molar-refractivity contribution in [1.29, 1.82) is 0 Å². The summed E-state index contributed by atoms with van der Waals surface area (Å²) >= 11 is 0. The predicted octanol–water partition coefficient (Wildman–Crippen LogP) is 4.69. The van der Waals surface area contributed by atoms with Crippen molar-refractivity contribution in [2.75, 3.05) is 19.0 Å².